The van der Waals surface area contributed by atoms with Gasteiger partial charge in [0.05, 0.1) is 7.11 Å². The standard InChI is InChI=1S/C19H24N4O2/c1-13-7-9-23(10-8-13)19(24)17-12-18(21-14(2)20-17)22-15-5-4-6-16(11-15)25-3/h4-6,11-13H,7-10H2,1-3H3,(H,20,21,22). The Morgan fingerprint density at radius 2 is 2.00 bits per heavy atom. The number of carbonyl (C=O) groups is 1. The third-order valence-electron chi connectivity index (χ3n) is 4.47. The maximum absolute atomic E-state index is 12.8. The van der Waals surface area contributed by atoms with E-state index in [1.54, 1.807) is 20.1 Å². The second-order valence-electron chi connectivity index (χ2n) is 6.52. The third-order valence-corrected chi connectivity index (χ3v) is 4.47. The van der Waals surface area contributed by atoms with E-state index in [0.717, 1.165) is 37.4 Å². The summed E-state index contributed by atoms with van der Waals surface area (Å²) in [6.45, 7) is 5.61. The minimum Gasteiger partial charge on any atom is -0.497 e. The Hall–Kier alpha value is -2.63. The summed E-state index contributed by atoms with van der Waals surface area (Å²) in [5.74, 6) is 2.60. The molecule has 0 radical (unpaired) electrons. The molecule has 132 valence electrons. The monoisotopic (exact) mass is 340 g/mol. The van der Waals surface area contributed by atoms with Crippen molar-refractivity contribution in [1.82, 2.24) is 14.9 Å². The van der Waals surface area contributed by atoms with E-state index in [-0.39, 0.29) is 5.91 Å². The quantitative estimate of drug-likeness (QED) is 0.924. The zero-order chi connectivity index (χ0) is 17.8. The Morgan fingerprint density at radius 1 is 1.24 bits per heavy atom. The smallest absolute Gasteiger partial charge is 0.272 e. The Morgan fingerprint density at radius 3 is 2.72 bits per heavy atom. The third kappa shape index (κ3) is 4.26. The highest BCUT2D eigenvalue weighted by Gasteiger charge is 2.23. The molecule has 0 aliphatic carbocycles. The molecule has 0 unspecified atom stereocenters. The first-order valence-electron chi connectivity index (χ1n) is 8.61. The second-order valence-corrected chi connectivity index (χ2v) is 6.52. The van der Waals surface area contributed by atoms with Crippen LogP contribution in [0.3, 0.4) is 0 Å². The number of hydrogen-bond acceptors (Lipinski definition) is 5. The number of carbonyl (C=O) groups excluding carboxylic acids is 1. The van der Waals surface area contributed by atoms with Gasteiger partial charge in [0, 0.05) is 30.9 Å². The number of aromatic nitrogens is 2. The van der Waals surface area contributed by atoms with Gasteiger partial charge in [-0.05, 0) is 37.8 Å². The lowest BCUT2D eigenvalue weighted by Crippen LogP contribution is -2.38. The highest BCUT2D eigenvalue weighted by atomic mass is 16.5. The van der Waals surface area contributed by atoms with Gasteiger partial charge in [-0.3, -0.25) is 4.79 Å². The van der Waals surface area contributed by atoms with E-state index in [4.69, 9.17) is 4.74 Å². The first kappa shape index (κ1) is 17.2. The maximum atomic E-state index is 12.8. The van der Waals surface area contributed by atoms with E-state index in [1.807, 2.05) is 29.2 Å². The largest absolute Gasteiger partial charge is 0.497 e. The van der Waals surface area contributed by atoms with Gasteiger partial charge in [-0.25, -0.2) is 9.97 Å². The average Bonchev–Trinajstić information content (AvgIpc) is 2.61. The van der Waals surface area contributed by atoms with E-state index < -0.39 is 0 Å². The number of aryl methyl sites for hydroxylation is 1. The van der Waals surface area contributed by atoms with Crippen LogP contribution in [-0.2, 0) is 0 Å². The van der Waals surface area contributed by atoms with E-state index in [2.05, 4.69) is 22.2 Å². The number of nitrogens with zero attached hydrogens (tertiary/aromatic N) is 3. The summed E-state index contributed by atoms with van der Waals surface area (Å²) >= 11 is 0. The van der Waals surface area contributed by atoms with Crippen LogP contribution < -0.4 is 10.1 Å². The number of amides is 1. The number of nitrogens with one attached hydrogen (secondary N) is 1. The number of rotatable bonds is 4. The second kappa shape index (κ2) is 7.51. The predicted molar refractivity (Wildman–Crippen MR) is 97.3 cm³/mol. The molecule has 1 aromatic heterocycles. The number of anilines is 2. The molecule has 2 heterocycles. The van der Waals surface area contributed by atoms with Gasteiger partial charge >= 0.3 is 0 Å². The molecule has 0 atom stereocenters. The SMILES string of the molecule is COc1cccc(Nc2cc(C(=O)N3CCC(C)CC3)nc(C)n2)c1. The highest BCUT2D eigenvalue weighted by molar-refractivity contribution is 5.93. The number of methoxy groups -OCH3 is 1. The Balaban J connectivity index is 1.79. The summed E-state index contributed by atoms with van der Waals surface area (Å²) in [6.07, 6.45) is 2.09. The topological polar surface area (TPSA) is 67.3 Å². The summed E-state index contributed by atoms with van der Waals surface area (Å²) in [7, 11) is 1.63. The lowest BCUT2D eigenvalue weighted by atomic mass is 9.99. The molecule has 1 amide bonds. The van der Waals surface area contributed by atoms with Gasteiger partial charge in [0.1, 0.15) is 23.1 Å². The normalized spacial score (nSPS) is 15.1. The molecular weight excluding hydrogens is 316 g/mol. The summed E-state index contributed by atoms with van der Waals surface area (Å²) in [6, 6.07) is 9.30. The van der Waals surface area contributed by atoms with Gasteiger partial charge in [-0.1, -0.05) is 13.0 Å². The van der Waals surface area contributed by atoms with E-state index >= 15 is 0 Å². The Kier molecular flexibility index (Phi) is 5.16. The van der Waals surface area contributed by atoms with Crippen LogP contribution >= 0.6 is 0 Å². The number of benzene rings is 1. The summed E-state index contributed by atoms with van der Waals surface area (Å²) in [5, 5.41) is 3.22. The van der Waals surface area contributed by atoms with Crippen molar-refractivity contribution in [2.75, 3.05) is 25.5 Å². The number of piperidine rings is 1. The van der Waals surface area contributed by atoms with Crippen molar-refractivity contribution < 1.29 is 9.53 Å². The number of hydrogen-bond donors (Lipinski definition) is 1. The number of ether oxygens (including phenoxy) is 1. The van der Waals surface area contributed by atoms with E-state index in [0.29, 0.717) is 23.3 Å². The van der Waals surface area contributed by atoms with Crippen molar-refractivity contribution in [2.45, 2.75) is 26.7 Å². The van der Waals surface area contributed by atoms with Gasteiger partial charge in [-0.15, -0.1) is 0 Å². The minimum atomic E-state index is -0.0221. The molecule has 0 spiro atoms. The molecule has 1 aromatic carbocycles. The zero-order valence-electron chi connectivity index (χ0n) is 15.0. The average molecular weight is 340 g/mol. The van der Waals surface area contributed by atoms with Crippen molar-refractivity contribution in [3.63, 3.8) is 0 Å². The fourth-order valence-corrected chi connectivity index (χ4v) is 2.96. The predicted octanol–water partition coefficient (Wildman–Crippen LogP) is 3.41. The summed E-state index contributed by atoms with van der Waals surface area (Å²) < 4.78 is 5.23. The molecule has 0 saturated carbocycles. The Labute approximate surface area is 148 Å². The lowest BCUT2D eigenvalue weighted by Gasteiger charge is -2.30. The molecule has 1 fully saturated rings. The molecule has 1 aliphatic rings. The van der Waals surface area contributed by atoms with Crippen LogP contribution in [-0.4, -0.2) is 41.0 Å². The molecule has 1 aliphatic heterocycles. The Bertz CT molecular complexity index is 755. The van der Waals surface area contributed by atoms with Crippen molar-refractivity contribution >= 4 is 17.4 Å². The van der Waals surface area contributed by atoms with Crippen LogP contribution in [0.5, 0.6) is 5.75 Å². The van der Waals surface area contributed by atoms with Crippen molar-refractivity contribution in [3.05, 3.63) is 41.9 Å². The zero-order valence-corrected chi connectivity index (χ0v) is 15.0. The van der Waals surface area contributed by atoms with Crippen molar-refractivity contribution in [3.8, 4) is 5.75 Å². The fraction of sp³-hybridized carbons (Fsp3) is 0.421. The molecule has 25 heavy (non-hydrogen) atoms. The number of likely N-dealkylation sites (tertiary alicyclic amines) is 1. The van der Waals surface area contributed by atoms with Crippen LogP contribution in [0.4, 0.5) is 11.5 Å². The molecule has 6 nitrogen and oxygen atoms in total. The van der Waals surface area contributed by atoms with Gasteiger partial charge in [-0.2, -0.15) is 0 Å². The molecule has 0 bridgehead atoms. The van der Waals surface area contributed by atoms with Gasteiger partial charge in [0.25, 0.3) is 5.91 Å². The summed E-state index contributed by atoms with van der Waals surface area (Å²) in [4.78, 5) is 23.4. The van der Waals surface area contributed by atoms with Crippen molar-refractivity contribution in [1.29, 1.82) is 0 Å². The molecule has 1 saturated heterocycles. The van der Waals surface area contributed by atoms with E-state index in [9.17, 15) is 4.79 Å². The summed E-state index contributed by atoms with van der Waals surface area (Å²) in [5.41, 5.74) is 1.29. The first-order chi connectivity index (χ1) is 12.0. The van der Waals surface area contributed by atoms with Crippen LogP contribution in [0.2, 0.25) is 0 Å². The van der Waals surface area contributed by atoms with Gasteiger partial charge < -0.3 is 15.0 Å². The molecule has 1 N–H and O–H groups in total. The van der Waals surface area contributed by atoms with Gasteiger partial charge in [0.15, 0.2) is 0 Å². The molecule has 6 heteroatoms. The van der Waals surface area contributed by atoms with Crippen LogP contribution in [0, 0.1) is 12.8 Å². The lowest BCUT2D eigenvalue weighted by molar-refractivity contribution is 0.0691. The fourth-order valence-electron chi connectivity index (χ4n) is 2.96. The minimum absolute atomic E-state index is 0.0221. The van der Waals surface area contributed by atoms with Crippen LogP contribution in [0.1, 0.15) is 36.1 Å². The molecular formula is C19H24N4O2. The molecule has 2 aromatic rings. The van der Waals surface area contributed by atoms with Crippen LogP contribution in [0.25, 0.3) is 0 Å². The molecule has 3 rings (SSSR count). The van der Waals surface area contributed by atoms with Crippen molar-refractivity contribution in [2.24, 2.45) is 5.92 Å². The van der Waals surface area contributed by atoms with Crippen LogP contribution in [0.15, 0.2) is 30.3 Å². The maximum Gasteiger partial charge on any atom is 0.272 e. The van der Waals surface area contributed by atoms with Gasteiger partial charge in [0.2, 0.25) is 0 Å². The van der Waals surface area contributed by atoms with E-state index in [1.165, 1.54) is 0 Å². The highest BCUT2D eigenvalue weighted by Crippen LogP contribution is 2.22. The first-order valence-corrected chi connectivity index (χ1v) is 8.61.